The molecule has 1 heterocycles. The lowest BCUT2D eigenvalue weighted by Gasteiger charge is -2.40. The van der Waals surface area contributed by atoms with Crippen molar-refractivity contribution in [3.8, 4) is 0 Å². The third-order valence-corrected chi connectivity index (χ3v) is 7.42. The molecule has 3 aromatic rings. The van der Waals surface area contributed by atoms with Crippen LogP contribution in [-0.4, -0.2) is 53.2 Å². The van der Waals surface area contributed by atoms with Crippen LogP contribution in [0.25, 0.3) is 0 Å². The van der Waals surface area contributed by atoms with E-state index in [2.05, 4.69) is 82.6 Å². The first-order chi connectivity index (χ1) is 15.4. The first-order valence-corrected chi connectivity index (χ1v) is 12.9. The molecule has 0 bridgehead atoms. The molecule has 3 aromatic carbocycles. The highest BCUT2D eigenvalue weighted by atomic mass is 32.3. The number of anilines is 1. The van der Waals surface area contributed by atoms with Gasteiger partial charge in [-0.3, -0.25) is 4.90 Å². The van der Waals surface area contributed by atoms with E-state index in [1.807, 2.05) is 12.1 Å². The molecule has 1 atom stereocenters. The predicted octanol–water partition coefficient (Wildman–Crippen LogP) is 4.20. The number of hydrogen-bond acceptors (Lipinski definition) is 4. The predicted molar refractivity (Wildman–Crippen MR) is 131 cm³/mol. The Labute approximate surface area is 192 Å². The van der Waals surface area contributed by atoms with E-state index >= 15 is 0 Å². The van der Waals surface area contributed by atoms with Crippen LogP contribution in [0.4, 0.5) is 5.69 Å². The summed E-state index contributed by atoms with van der Waals surface area (Å²) in [6.07, 6.45) is 1.24. The summed E-state index contributed by atoms with van der Waals surface area (Å²) in [6.45, 7) is 4.17. The van der Waals surface area contributed by atoms with Gasteiger partial charge in [-0.2, -0.15) is 0 Å². The quantitative estimate of drug-likeness (QED) is 0.507. The first kappa shape index (κ1) is 22.7. The van der Waals surface area contributed by atoms with Gasteiger partial charge in [-0.25, -0.2) is 0 Å². The molecule has 32 heavy (non-hydrogen) atoms. The van der Waals surface area contributed by atoms with Gasteiger partial charge in [0.1, 0.15) is 16.7 Å². The number of sulfonamides is 1. The normalized spacial score (nSPS) is 17.0. The lowest BCUT2D eigenvalue weighted by atomic mass is 9.96. The molecule has 5 nitrogen and oxygen atoms in total. The summed E-state index contributed by atoms with van der Waals surface area (Å²) >= 11 is 0. The average Bonchev–Trinajstić information content (AvgIpc) is 2.81. The van der Waals surface area contributed by atoms with Crippen molar-refractivity contribution >= 4 is 16.1 Å². The van der Waals surface area contributed by atoms with Gasteiger partial charge >= 0.3 is 0 Å². The van der Waals surface area contributed by atoms with Crippen LogP contribution in [0, 0.1) is 0 Å². The number of piperazine rings is 1. The number of nitrogens with zero attached hydrogens (tertiary/aromatic N) is 3. The molecule has 1 aliphatic rings. The van der Waals surface area contributed by atoms with Crippen molar-refractivity contribution in [2.75, 3.05) is 44.4 Å². The Hall–Kier alpha value is -2.51. The monoisotopic (exact) mass is 449 g/mol. The van der Waals surface area contributed by atoms with Crippen molar-refractivity contribution < 1.29 is 8.76 Å². The van der Waals surface area contributed by atoms with E-state index in [9.17, 15) is 8.76 Å². The van der Waals surface area contributed by atoms with E-state index in [4.69, 9.17) is 0 Å². The molecule has 0 aliphatic carbocycles. The van der Waals surface area contributed by atoms with Crippen molar-refractivity contribution in [1.82, 2.24) is 9.21 Å². The van der Waals surface area contributed by atoms with Crippen LogP contribution in [0.2, 0.25) is 0 Å². The fourth-order valence-corrected chi connectivity index (χ4v) is 4.73. The van der Waals surface area contributed by atoms with Crippen molar-refractivity contribution in [1.29, 1.82) is 0 Å². The second kappa shape index (κ2) is 9.96. The lowest BCUT2D eigenvalue weighted by Crippen LogP contribution is -2.48. The average molecular weight is 450 g/mol. The van der Waals surface area contributed by atoms with Gasteiger partial charge in [-0.1, -0.05) is 77.0 Å². The van der Waals surface area contributed by atoms with Gasteiger partial charge in [0.25, 0.3) is 0 Å². The molecule has 1 aliphatic heterocycles. The Bertz CT molecular complexity index is 1010. The smallest absolute Gasteiger partial charge is 0.122 e. The summed E-state index contributed by atoms with van der Waals surface area (Å²) in [7, 11) is -1.58. The van der Waals surface area contributed by atoms with Gasteiger partial charge in [0.05, 0.1) is 12.6 Å². The molecule has 0 saturated carbocycles. The van der Waals surface area contributed by atoms with E-state index in [0.717, 1.165) is 37.4 Å². The Morgan fingerprint density at radius 3 is 1.97 bits per heavy atom. The summed E-state index contributed by atoms with van der Waals surface area (Å²) in [4.78, 5) is 4.95. The maximum absolute atomic E-state index is 11.8. The van der Waals surface area contributed by atoms with Crippen LogP contribution in [-0.2, 0) is 21.2 Å². The standard InChI is InChI=1S/C26H31N3O2S/c1-27(32(2,30)31)21-22-10-9-15-25(20-22)28-16-18-29(19-17-28)26(23-11-5-3-6-12-23)24-13-7-4-8-14-24/h3-15,20,26H,16-19,21H2,1-2H3. The van der Waals surface area contributed by atoms with E-state index in [1.54, 1.807) is 7.05 Å². The Morgan fingerprint density at radius 1 is 0.875 bits per heavy atom. The summed E-state index contributed by atoms with van der Waals surface area (Å²) in [5, 5.41) is 0. The maximum Gasteiger partial charge on any atom is 0.122 e. The number of rotatable bonds is 7. The Kier molecular flexibility index (Phi) is 7.06. The van der Waals surface area contributed by atoms with E-state index in [1.165, 1.54) is 21.7 Å². The Balaban J connectivity index is 1.47. The molecule has 0 amide bonds. The zero-order chi connectivity index (χ0) is 22.6. The van der Waals surface area contributed by atoms with Crippen LogP contribution in [0.15, 0.2) is 84.9 Å². The van der Waals surface area contributed by atoms with Crippen LogP contribution in [0.3, 0.4) is 0 Å². The topological polar surface area (TPSA) is 49.8 Å². The highest BCUT2D eigenvalue weighted by molar-refractivity contribution is 7.94. The van der Waals surface area contributed by atoms with Gasteiger partial charge in [0, 0.05) is 38.9 Å². The van der Waals surface area contributed by atoms with Gasteiger partial charge in [0.15, 0.2) is 0 Å². The molecule has 4 rings (SSSR count). The highest BCUT2D eigenvalue weighted by Gasteiger charge is 2.26. The third kappa shape index (κ3) is 5.45. The fourth-order valence-electron chi connectivity index (χ4n) is 4.35. The maximum atomic E-state index is 11.8. The van der Waals surface area contributed by atoms with Crippen molar-refractivity contribution in [3.05, 3.63) is 102 Å². The van der Waals surface area contributed by atoms with Crippen LogP contribution in [0.5, 0.6) is 0 Å². The number of hydrogen-bond donors (Lipinski definition) is 0. The second-order valence-electron chi connectivity index (χ2n) is 8.44. The largest absolute Gasteiger partial charge is 0.598 e. The van der Waals surface area contributed by atoms with E-state index in [-0.39, 0.29) is 6.04 Å². The summed E-state index contributed by atoms with van der Waals surface area (Å²) < 4.78 is 24.9. The van der Waals surface area contributed by atoms with Crippen LogP contribution < -0.4 is 4.90 Å². The minimum atomic E-state index is -3.20. The molecular formula is C26H31N3O2S. The minimum Gasteiger partial charge on any atom is -0.598 e. The van der Waals surface area contributed by atoms with Crippen LogP contribution in [0.1, 0.15) is 22.7 Å². The van der Waals surface area contributed by atoms with Crippen molar-refractivity contribution in [3.63, 3.8) is 0 Å². The molecule has 0 N–H and O–H groups in total. The zero-order valence-corrected chi connectivity index (χ0v) is 19.6. The molecule has 0 aromatic heterocycles. The number of benzene rings is 3. The van der Waals surface area contributed by atoms with Gasteiger partial charge in [0.2, 0.25) is 0 Å². The van der Waals surface area contributed by atoms with E-state index < -0.39 is 10.4 Å². The summed E-state index contributed by atoms with van der Waals surface area (Å²) in [5.74, 6) is 0. The van der Waals surface area contributed by atoms with Gasteiger partial charge < -0.3 is 9.45 Å². The SMILES string of the molecule is CN(Cc1cccc(N2CCN(C(c3ccccc3)c3ccccc3)CC2)c1)[S+](C)(=O)[O-]. The molecule has 6 heteroatoms. The second-order valence-corrected chi connectivity index (χ2v) is 10.5. The van der Waals surface area contributed by atoms with E-state index in [0.29, 0.717) is 6.54 Å². The first-order valence-electron chi connectivity index (χ1n) is 11.0. The summed E-state index contributed by atoms with van der Waals surface area (Å²) in [6, 6.07) is 29.9. The molecule has 0 radical (unpaired) electrons. The minimum absolute atomic E-state index is 0.245. The van der Waals surface area contributed by atoms with Crippen molar-refractivity contribution in [2.24, 2.45) is 0 Å². The molecule has 1 unspecified atom stereocenters. The molecular weight excluding hydrogens is 418 g/mol. The molecule has 168 valence electrons. The molecule has 1 saturated heterocycles. The van der Waals surface area contributed by atoms with Crippen molar-refractivity contribution in [2.45, 2.75) is 12.6 Å². The Morgan fingerprint density at radius 2 is 1.44 bits per heavy atom. The third-order valence-electron chi connectivity index (χ3n) is 6.16. The van der Waals surface area contributed by atoms with Crippen LogP contribution >= 0.6 is 0 Å². The molecule has 1 fully saturated rings. The lowest BCUT2D eigenvalue weighted by molar-refractivity contribution is 0.212. The van der Waals surface area contributed by atoms with Gasteiger partial charge in [-0.05, 0) is 28.8 Å². The van der Waals surface area contributed by atoms with Gasteiger partial charge in [-0.15, -0.1) is 4.31 Å². The zero-order valence-electron chi connectivity index (χ0n) is 18.8. The molecule has 0 spiro atoms. The highest BCUT2D eigenvalue weighted by Crippen LogP contribution is 2.30. The summed E-state index contributed by atoms with van der Waals surface area (Å²) in [5.41, 5.74) is 4.79. The fraction of sp³-hybridized carbons (Fsp3) is 0.308.